The molecule has 1 aliphatic carbocycles. The maximum atomic E-state index is 14.1. The van der Waals surface area contributed by atoms with E-state index < -0.39 is 17.7 Å². The second-order valence-electron chi connectivity index (χ2n) is 9.11. The average Bonchev–Trinajstić information content (AvgIpc) is 3.12. The molecule has 2 aromatic carbocycles. The van der Waals surface area contributed by atoms with Crippen LogP contribution in [0.1, 0.15) is 43.9 Å². The summed E-state index contributed by atoms with van der Waals surface area (Å²) in [7, 11) is 0. The minimum atomic E-state index is -0.757. The summed E-state index contributed by atoms with van der Waals surface area (Å²) < 4.78 is 29.8. The third-order valence-electron chi connectivity index (χ3n) is 5.83. The molecule has 2 aliphatic rings. The highest BCUT2D eigenvalue weighted by molar-refractivity contribution is 7.98. The number of nitrogens with zero attached hydrogens (tertiary/aromatic N) is 3. The quantitative estimate of drug-likeness (QED) is 0.447. The number of allylic oxidation sites excluding steroid dienone is 2. The van der Waals surface area contributed by atoms with Gasteiger partial charge in [-0.15, -0.1) is 5.10 Å². The van der Waals surface area contributed by atoms with Crippen molar-refractivity contribution >= 4 is 35.1 Å². The highest BCUT2D eigenvalue weighted by Gasteiger charge is 2.42. The van der Waals surface area contributed by atoms with Crippen LogP contribution in [-0.4, -0.2) is 20.5 Å². The molecule has 33 heavy (non-hydrogen) atoms. The summed E-state index contributed by atoms with van der Waals surface area (Å²) in [4.78, 5) is 17.8. The molecule has 0 bridgehead atoms. The number of hydrogen-bond donors (Lipinski definition) is 1. The molecule has 3 aromatic rings. The van der Waals surface area contributed by atoms with Gasteiger partial charge in [-0.1, -0.05) is 55.4 Å². The zero-order valence-corrected chi connectivity index (χ0v) is 19.6. The smallest absolute Gasteiger partial charge is 0.227 e. The first-order valence-electron chi connectivity index (χ1n) is 10.5. The molecule has 0 saturated carbocycles. The largest absolute Gasteiger partial charge is 0.328 e. The van der Waals surface area contributed by atoms with E-state index in [9.17, 15) is 13.6 Å². The van der Waals surface area contributed by atoms with Crippen LogP contribution in [0, 0.1) is 17.0 Å². The number of rotatable bonds is 4. The Balaban J connectivity index is 1.56. The lowest BCUT2D eigenvalue weighted by Gasteiger charge is -2.38. The number of fused-ring (bicyclic) bond motifs is 1. The third kappa shape index (κ3) is 4.29. The second kappa shape index (κ2) is 8.25. The highest BCUT2D eigenvalue weighted by atomic mass is 35.5. The van der Waals surface area contributed by atoms with E-state index in [0.717, 1.165) is 17.3 Å². The van der Waals surface area contributed by atoms with E-state index in [4.69, 9.17) is 11.6 Å². The summed E-state index contributed by atoms with van der Waals surface area (Å²) in [6, 6.07) is 10.1. The Bertz CT molecular complexity index is 1280. The lowest BCUT2D eigenvalue weighted by Crippen LogP contribution is -2.36. The monoisotopic (exact) mass is 486 g/mol. The van der Waals surface area contributed by atoms with Crippen LogP contribution >= 0.6 is 23.4 Å². The summed E-state index contributed by atoms with van der Waals surface area (Å²) in [5, 5.41) is 9.01. The van der Waals surface area contributed by atoms with E-state index in [1.807, 2.05) is 38.1 Å². The van der Waals surface area contributed by atoms with Gasteiger partial charge in [0.1, 0.15) is 17.7 Å². The van der Waals surface area contributed by atoms with Gasteiger partial charge in [0.2, 0.25) is 11.1 Å². The molecule has 2 heterocycles. The Hall–Kier alpha value is -2.71. The molecule has 1 atom stereocenters. The van der Waals surface area contributed by atoms with Crippen molar-refractivity contribution in [3.63, 3.8) is 0 Å². The molecule has 0 spiro atoms. The van der Waals surface area contributed by atoms with Gasteiger partial charge in [0.15, 0.2) is 5.78 Å². The number of thioether (sulfide) groups is 1. The number of anilines is 1. The fraction of sp³-hybridized carbons (Fsp3) is 0.292. The highest BCUT2D eigenvalue weighted by Crippen LogP contribution is 2.46. The number of carbonyl (C=O) groups is 1. The molecule has 1 N–H and O–H groups in total. The van der Waals surface area contributed by atoms with Crippen LogP contribution in [0.2, 0.25) is 5.02 Å². The van der Waals surface area contributed by atoms with Crippen LogP contribution in [-0.2, 0) is 10.5 Å². The molecule has 0 amide bonds. The molecule has 5 rings (SSSR count). The first kappa shape index (κ1) is 22.1. The van der Waals surface area contributed by atoms with Gasteiger partial charge >= 0.3 is 0 Å². The molecule has 9 heteroatoms. The molecule has 0 radical (unpaired) electrons. The van der Waals surface area contributed by atoms with Crippen molar-refractivity contribution in [3.8, 4) is 0 Å². The van der Waals surface area contributed by atoms with Crippen molar-refractivity contribution in [1.29, 1.82) is 0 Å². The summed E-state index contributed by atoms with van der Waals surface area (Å²) >= 11 is 7.66. The molecule has 0 saturated heterocycles. The zero-order chi connectivity index (χ0) is 23.3. The van der Waals surface area contributed by atoms with Gasteiger partial charge in [0.05, 0.1) is 0 Å². The number of hydrogen-bond acceptors (Lipinski definition) is 5. The van der Waals surface area contributed by atoms with Crippen molar-refractivity contribution < 1.29 is 13.6 Å². The Morgan fingerprint density at radius 3 is 2.64 bits per heavy atom. The van der Waals surface area contributed by atoms with Gasteiger partial charge in [0, 0.05) is 34.5 Å². The fourth-order valence-electron chi connectivity index (χ4n) is 4.45. The van der Waals surface area contributed by atoms with Crippen molar-refractivity contribution in [1.82, 2.24) is 14.8 Å². The Morgan fingerprint density at radius 1 is 1.18 bits per heavy atom. The van der Waals surface area contributed by atoms with Crippen molar-refractivity contribution in [3.05, 3.63) is 81.5 Å². The molecular weight excluding hydrogens is 466 g/mol. The van der Waals surface area contributed by atoms with E-state index in [2.05, 4.69) is 15.4 Å². The number of Topliss-reactive ketones (excluding diaryl/α,β-unsaturated/α-hetero) is 1. The topological polar surface area (TPSA) is 59.8 Å². The van der Waals surface area contributed by atoms with E-state index in [0.29, 0.717) is 45.9 Å². The number of ketones is 1. The predicted octanol–water partition coefficient (Wildman–Crippen LogP) is 6.16. The van der Waals surface area contributed by atoms with Crippen LogP contribution in [0.15, 0.2) is 58.9 Å². The minimum absolute atomic E-state index is 0.0603. The van der Waals surface area contributed by atoms with Crippen LogP contribution in [0.5, 0.6) is 0 Å². The van der Waals surface area contributed by atoms with Gasteiger partial charge in [0.25, 0.3) is 0 Å². The van der Waals surface area contributed by atoms with Crippen LogP contribution in [0.25, 0.3) is 0 Å². The minimum Gasteiger partial charge on any atom is -0.328 e. The van der Waals surface area contributed by atoms with E-state index >= 15 is 0 Å². The summed E-state index contributed by atoms with van der Waals surface area (Å²) in [6.07, 6.45) is 0.970. The zero-order valence-electron chi connectivity index (χ0n) is 18.0. The lowest BCUT2D eigenvalue weighted by atomic mass is 9.73. The maximum absolute atomic E-state index is 14.1. The van der Waals surface area contributed by atoms with Crippen LogP contribution in [0.4, 0.5) is 14.7 Å². The van der Waals surface area contributed by atoms with Gasteiger partial charge in [-0.05, 0) is 41.2 Å². The fourth-order valence-corrected chi connectivity index (χ4v) is 5.56. The first-order chi connectivity index (χ1) is 15.7. The van der Waals surface area contributed by atoms with E-state index in [-0.39, 0.29) is 11.2 Å². The van der Waals surface area contributed by atoms with Crippen LogP contribution < -0.4 is 5.32 Å². The Kier molecular flexibility index (Phi) is 5.53. The predicted molar refractivity (Wildman–Crippen MR) is 124 cm³/mol. The second-order valence-corrected chi connectivity index (χ2v) is 10.5. The molecule has 1 unspecified atom stereocenters. The number of nitrogens with one attached hydrogen (secondary N) is 1. The maximum Gasteiger partial charge on any atom is 0.227 e. The number of halogens is 3. The van der Waals surface area contributed by atoms with Crippen molar-refractivity contribution in [2.45, 2.75) is 43.6 Å². The molecule has 170 valence electrons. The van der Waals surface area contributed by atoms with E-state index in [1.165, 1.54) is 23.9 Å². The summed E-state index contributed by atoms with van der Waals surface area (Å²) in [5.74, 6) is -0.472. The first-order valence-corrected chi connectivity index (χ1v) is 11.9. The summed E-state index contributed by atoms with van der Waals surface area (Å²) in [6.45, 7) is 4.05. The average molecular weight is 487 g/mol. The van der Waals surface area contributed by atoms with Gasteiger partial charge in [-0.2, -0.15) is 4.98 Å². The van der Waals surface area contributed by atoms with Gasteiger partial charge in [-0.25, -0.2) is 13.5 Å². The number of benzene rings is 2. The molecule has 5 nitrogen and oxygen atoms in total. The normalized spacial score (nSPS) is 19.2. The lowest BCUT2D eigenvalue weighted by molar-refractivity contribution is -0.118. The van der Waals surface area contributed by atoms with Crippen molar-refractivity contribution in [2.75, 3.05) is 5.32 Å². The Labute approximate surface area is 199 Å². The van der Waals surface area contributed by atoms with Gasteiger partial charge < -0.3 is 5.32 Å². The summed E-state index contributed by atoms with van der Waals surface area (Å²) in [5.41, 5.74) is 2.25. The van der Waals surface area contributed by atoms with Gasteiger partial charge in [-0.3, -0.25) is 4.79 Å². The standard InChI is InChI=1S/C24H21ClF2N4OS/c1-24(2)10-18-20(19(32)11-24)21(14-7-15(26)9-16(27)8-14)31-22(28-18)29-23(30-31)33-12-13-5-3-4-6-17(13)25/h3-9,21H,10-12H2,1-2H3,(H,28,29,30). The van der Waals surface area contributed by atoms with E-state index in [1.54, 1.807) is 4.68 Å². The molecular formula is C24H21ClF2N4OS. The SMILES string of the molecule is CC1(C)CC(=O)C2=C(C1)Nc1nc(SCc3ccccc3Cl)nn1C2c1cc(F)cc(F)c1. The number of aromatic nitrogens is 3. The molecule has 1 aromatic heterocycles. The number of carbonyl (C=O) groups excluding carboxylic acids is 1. The molecule has 0 fully saturated rings. The molecule has 1 aliphatic heterocycles. The van der Waals surface area contributed by atoms with Crippen molar-refractivity contribution in [2.24, 2.45) is 5.41 Å². The third-order valence-corrected chi connectivity index (χ3v) is 7.08. The van der Waals surface area contributed by atoms with Crippen LogP contribution in [0.3, 0.4) is 0 Å². The Morgan fingerprint density at radius 2 is 1.91 bits per heavy atom.